The Morgan fingerprint density at radius 1 is 1.00 bits per heavy atom. The molecule has 0 aromatic heterocycles. The van der Waals surface area contributed by atoms with Gasteiger partial charge in [0, 0.05) is 37.9 Å². The van der Waals surface area contributed by atoms with Crippen LogP contribution in [0.4, 0.5) is 11.4 Å². The van der Waals surface area contributed by atoms with E-state index in [1.54, 1.807) is 18.2 Å². The lowest BCUT2D eigenvalue weighted by Crippen LogP contribution is -2.43. The lowest BCUT2D eigenvalue weighted by Gasteiger charge is -2.34. The van der Waals surface area contributed by atoms with Gasteiger partial charge in [0.2, 0.25) is 20.0 Å². The fourth-order valence-corrected chi connectivity index (χ4v) is 5.75. The van der Waals surface area contributed by atoms with Gasteiger partial charge in [0.1, 0.15) is 5.75 Å². The number of anilines is 2. The second kappa shape index (κ2) is 11.8. The minimum Gasteiger partial charge on any atom is -0.506 e. The summed E-state index contributed by atoms with van der Waals surface area (Å²) >= 11 is 0. The first-order valence-corrected chi connectivity index (χ1v) is 15.3. The molecule has 0 radical (unpaired) electrons. The number of nitrogens with zero attached hydrogens (tertiary/aromatic N) is 1. The number of rotatable bonds is 11. The molecule has 1 heterocycles. The molecule has 1 aliphatic heterocycles. The average Bonchev–Trinajstić information content (AvgIpc) is 2.82. The van der Waals surface area contributed by atoms with Crippen LogP contribution in [0.1, 0.15) is 38.4 Å². The first-order valence-electron chi connectivity index (χ1n) is 11.9. The van der Waals surface area contributed by atoms with Gasteiger partial charge < -0.3 is 20.4 Å². The molecule has 1 saturated heterocycles. The highest BCUT2D eigenvalue weighted by Gasteiger charge is 2.22. The fourth-order valence-electron chi connectivity index (χ4n) is 3.98. The summed E-state index contributed by atoms with van der Waals surface area (Å²) in [4.78, 5) is 2.46. The van der Waals surface area contributed by atoms with Crippen LogP contribution in [0.15, 0.2) is 47.4 Å². The predicted octanol–water partition coefficient (Wildman–Crippen LogP) is 1.99. The van der Waals surface area contributed by atoms with Gasteiger partial charge in [-0.15, -0.1) is 0 Å². The Morgan fingerprint density at radius 2 is 1.64 bits per heavy atom. The molecule has 0 saturated carbocycles. The number of benzene rings is 2. The maximum Gasteiger partial charge on any atom is 0.240 e. The van der Waals surface area contributed by atoms with Crippen molar-refractivity contribution in [1.29, 1.82) is 0 Å². The van der Waals surface area contributed by atoms with Gasteiger partial charge in [0.05, 0.1) is 22.9 Å². The molecular weight excluding hydrogens is 504 g/mol. The molecule has 5 N–H and O–H groups in total. The molecule has 36 heavy (non-hydrogen) atoms. The van der Waals surface area contributed by atoms with Crippen LogP contribution in [0.3, 0.4) is 0 Å². The van der Waals surface area contributed by atoms with Crippen molar-refractivity contribution < 1.29 is 27.0 Å². The number of sulfonamides is 2. The first kappa shape index (κ1) is 28.2. The van der Waals surface area contributed by atoms with E-state index in [-0.39, 0.29) is 34.8 Å². The molecule has 200 valence electrons. The third-order valence-corrected chi connectivity index (χ3v) is 8.02. The van der Waals surface area contributed by atoms with Gasteiger partial charge in [0.15, 0.2) is 0 Å². The molecule has 2 aromatic rings. The van der Waals surface area contributed by atoms with E-state index in [0.717, 1.165) is 37.9 Å². The van der Waals surface area contributed by atoms with E-state index < -0.39 is 26.2 Å². The topological polar surface area (TPSA) is 148 Å². The Bertz CT molecular complexity index is 1230. The quantitative estimate of drug-likeness (QED) is 0.272. The number of nitrogens with one attached hydrogen (secondary N) is 3. The van der Waals surface area contributed by atoms with Crippen LogP contribution in [-0.2, 0) is 20.0 Å². The van der Waals surface area contributed by atoms with Crippen LogP contribution in [0.25, 0.3) is 0 Å². The molecule has 1 fully saturated rings. The summed E-state index contributed by atoms with van der Waals surface area (Å²) in [5.41, 5.74) is 1.48. The third kappa shape index (κ3) is 8.07. The summed E-state index contributed by atoms with van der Waals surface area (Å²) in [7, 11) is -7.07. The highest BCUT2D eigenvalue weighted by atomic mass is 32.2. The Labute approximate surface area is 213 Å². The van der Waals surface area contributed by atoms with Gasteiger partial charge in [0.25, 0.3) is 0 Å². The Morgan fingerprint density at radius 3 is 2.22 bits per heavy atom. The number of aliphatic hydroxyl groups excluding tert-OH is 1. The lowest BCUT2D eigenvalue weighted by molar-refractivity contribution is 0.167. The fraction of sp³-hybridized carbons (Fsp3) is 0.500. The summed E-state index contributed by atoms with van der Waals surface area (Å²) in [6, 6.07) is 11.4. The molecule has 0 spiro atoms. The SMILES string of the molecule is CC(C)CNS(=O)(=O)c1ccc(N2CCC(NC[C@H](O)c3ccc(O)c(NS(C)(=O)=O)c3)CC2)cc1. The van der Waals surface area contributed by atoms with E-state index in [0.29, 0.717) is 12.1 Å². The van der Waals surface area contributed by atoms with Crippen molar-refractivity contribution in [2.75, 3.05) is 42.1 Å². The molecular formula is C24H36N4O6S2. The maximum absolute atomic E-state index is 12.4. The number of hydrogen-bond acceptors (Lipinski definition) is 8. The van der Waals surface area contributed by atoms with Crippen molar-refractivity contribution in [3.05, 3.63) is 48.0 Å². The zero-order valence-electron chi connectivity index (χ0n) is 20.8. The number of aromatic hydroxyl groups is 1. The van der Waals surface area contributed by atoms with Crippen LogP contribution in [0.2, 0.25) is 0 Å². The Hall–Kier alpha value is -2.38. The molecule has 0 unspecified atom stereocenters. The van der Waals surface area contributed by atoms with Crippen LogP contribution >= 0.6 is 0 Å². The van der Waals surface area contributed by atoms with Gasteiger partial charge in [-0.05, 0) is 60.7 Å². The zero-order valence-corrected chi connectivity index (χ0v) is 22.4. The summed E-state index contributed by atoms with van der Waals surface area (Å²) < 4.78 is 52.6. The molecule has 1 aliphatic rings. The van der Waals surface area contributed by atoms with Crippen LogP contribution < -0.4 is 19.7 Å². The molecule has 1 atom stereocenters. The van der Waals surface area contributed by atoms with Crippen LogP contribution in [0.5, 0.6) is 5.75 Å². The van der Waals surface area contributed by atoms with E-state index in [1.807, 2.05) is 26.0 Å². The first-order chi connectivity index (χ1) is 16.8. The van der Waals surface area contributed by atoms with E-state index >= 15 is 0 Å². The standard InChI is InChI=1S/C24H36N4O6S2/c1-17(2)15-26-36(33,34)21-7-5-20(6-8-21)28-12-10-19(11-13-28)25-16-24(30)18-4-9-23(29)22(14-18)27-35(3,31)32/h4-9,14,17,19,24-27,29-30H,10-13,15-16H2,1-3H3/t24-/m0/s1. The summed E-state index contributed by atoms with van der Waals surface area (Å²) in [5, 5.41) is 23.8. The number of hydrogen-bond donors (Lipinski definition) is 5. The monoisotopic (exact) mass is 540 g/mol. The smallest absolute Gasteiger partial charge is 0.240 e. The number of piperidine rings is 1. The summed E-state index contributed by atoms with van der Waals surface area (Å²) in [5.74, 6) is 0.0136. The normalized spacial score (nSPS) is 16.3. The molecule has 12 heteroatoms. The van der Waals surface area contributed by atoms with E-state index in [1.165, 1.54) is 12.1 Å². The molecule has 0 amide bonds. The molecule has 2 aromatic carbocycles. The highest BCUT2D eigenvalue weighted by Crippen LogP contribution is 2.28. The largest absolute Gasteiger partial charge is 0.506 e. The summed E-state index contributed by atoms with van der Waals surface area (Å²) in [6.07, 6.45) is 1.81. The van der Waals surface area contributed by atoms with Crippen molar-refractivity contribution in [1.82, 2.24) is 10.0 Å². The third-order valence-electron chi connectivity index (χ3n) is 5.99. The van der Waals surface area contributed by atoms with E-state index in [2.05, 4.69) is 19.7 Å². The second-order valence-corrected chi connectivity index (χ2v) is 13.1. The number of phenolic OH excluding ortho intramolecular Hbond substituents is 1. The van der Waals surface area contributed by atoms with Crippen LogP contribution in [-0.4, -0.2) is 65.5 Å². The number of aliphatic hydroxyl groups is 1. The maximum atomic E-state index is 12.4. The van der Waals surface area contributed by atoms with Crippen LogP contribution in [0, 0.1) is 5.92 Å². The van der Waals surface area contributed by atoms with Gasteiger partial charge in [-0.1, -0.05) is 19.9 Å². The van der Waals surface area contributed by atoms with Crippen molar-refractivity contribution in [2.45, 2.75) is 43.7 Å². The van der Waals surface area contributed by atoms with Gasteiger partial charge in [-0.25, -0.2) is 21.6 Å². The van der Waals surface area contributed by atoms with Gasteiger partial charge >= 0.3 is 0 Å². The molecule has 0 bridgehead atoms. The molecule has 3 rings (SSSR count). The Balaban J connectivity index is 1.50. The Kier molecular flexibility index (Phi) is 9.23. The zero-order chi connectivity index (χ0) is 26.5. The van der Waals surface area contributed by atoms with Gasteiger partial charge in [-0.3, -0.25) is 4.72 Å². The second-order valence-electron chi connectivity index (χ2n) is 9.58. The molecule has 10 nitrogen and oxygen atoms in total. The average molecular weight is 541 g/mol. The van der Waals surface area contributed by atoms with Crippen molar-refractivity contribution in [3.8, 4) is 5.75 Å². The van der Waals surface area contributed by atoms with E-state index in [4.69, 9.17) is 0 Å². The van der Waals surface area contributed by atoms with Crippen molar-refractivity contribution in [2.24, 2.45) is 5.92 Å². The summed E-state index contributed by atoms with van der Waals surface area (Å²) in [6.45, 7) is 6.15. The molecule has 0 aliphatic carbocycles. The van der Waals surface area contributed by atoms with Crippen molar-refractivity contribution in [3.63, 3.8) is 0 Å². The van der Waals surface area contributed by atoms with E-state index in [9.17, 15) is 27.0 Å². The minimum absolute atomic E-state index is 0.0249. The van der Waals surface area contributed by atoms with Gasteiger partial charge in [-0.2, -0.15) is 0 Å². The predicted molar refractivity (Wildman–Crippen MR) is 141 cm³/mol. The highest BCUT2D eigenvalue weighted by molar-refractivity contribution is 7.92. The lowest BCUT2D eigenvalue weighted by atomic mass is 10.0. The minimum atomic E-state index is -3.56. The van der Waals surface area contributed by atoms with Crippen molar-refractivity contribution >= 4 is 31.4 Å². The number of phenols is 1.